The van der Waals surface area contributed by atoms with Crippen molar-refractivity contribution in [1.82, 2.24) is 9.88 Å². The largest absolute Gasteiger partial charge is 0.350 e. The fourth-order valence-electron chi connectivity index (χ4n) is 4.96. The summed E-state index contributed by atoms with van der Waals surface area (Å²) in [5, 5.41) is 3.08. The Morgan fingerprint density at radius 3 is 2.81 bits per heavy atom. The molecule has 2 fully saturated rings. The lowest BCUT2D eigenvalue weighted by Gasteiger charge is -2.35. The first kappa shape index (κ1) is 19.7. The molecule has 5 rings (SSSR count). The Labute approximate surface area is 178 Å². The maximum absolute atomic E-state index is 14.4. The second kappa shape index (κ2) is 7.48. The van der Waals surface area contributed by atoms with Gasteiger partial charge < -0.3 is 15.2 Å². The van der Waals surface area contributed by atoms with Crippen molar-refractivity contribution in [2.75, 3.05) is 11.9 Å². The molecule has 0 saturated carbocycles. The van der Waals surface area contributed by atoms with Gasteiger partial charge in [0.05, 0.1) is 5.52 Å². The molecule has 2 saturated heterocycles. The molecule has 2 N–H and O–H groups in total. The van der Waals surface area contributed by atoms with Crippen molar-refractivity contribution in [3.8, 4) is 0 Å². The van der Waals surface area contributed by atoms with Gasteiger partial charge in [-0.25, -0.2) is 8.78 Å². The monoisotopic (exact) mass is 423 g/mol. The summed E-state index contributed by atoms with van der Waals surface area (Å²) >= 11 is 0. The first-order valence-electron chi connectivity index (χ1n) is 10.6. The van der Waals surface area contributed by atoms with Crippen LogP contribution in [0, 0.1) is 18.6 Å². The van der Waals surface area contributed by atoms with Crippen LogP contribution in [0.25, 0.3) is 10.9 Å². The van der Waals surface area contributed by atoms with Crippen molar-refractivity contribution < 1.29 is 18.4 Å². The zero-order valence-corrected chi connectivity index (χ0v) is 17.2. The van der Waals surface area contributed by atoms with Crippen LogP contribution in [-0.4, -0.2) is 34.3 Å². The third-order valence-electron chi connectivity index (χ3n) is 6.57. The third-order valence-corrected chi connectivity index (χ3v) is 6.57. The molecule has 2 aromatic carbocycles. The lowest BCUT2D eigenvalue weighted by molar-refractivity contribution is -0.129. The smallest absolute Gasteiger partial charge is 0.272 e. The average Bonchev–Trinajstić information content (AvgIpc) is 3.35. The molecule has 2 amide bonds. The Kier molecular flexibility index (Phi) is 4.76. The summed E-state index contributed by atoms with van der Waals surface area (Å²) < 4.78 is 28.4. The number of aryl methyl sites for hydroxylation is 1. The highest BCUT2D eigenvalue weighted by Gasteiger charge is 2.36. The van der Waals surface area contributed by atoms with Crippen LogP contribution in [0.2, 0.25) is 0 Å². The van der Waals surface area contributed by atoms with Gasteiger partial charge in [0.1, 0.15) is 17.3 Å². The van der Waals surface area contributed by atoms with Crippen LogP contribution in [0.3, 0.4) is 0 Å². The van der Waals surface area contributed by atoms with Gasteiger partial charge in [-0.3, -0.25) is 9.59 Å². The van der Waals surface area contributed by atoms with Crippen molar-refractivity contribution in [2.24, 2.45) is 0 Å². The van der Waals surface area contributed by atoms with E-state index in [4.69, 9.17) is 0 Å². The van der Waals surface area contributed by atoms with E-state index in [0.29, 0.717) is 29.6 Å². The van der Waals surface area contributed by atoms with E-state index in [0.717, 1.165) is 30.4 Å². The number of piperidine rings is 1. The van der Waals surface area contributed by atoms with Gasteiger partial charge in [-0.15, -0.1) is 0 Å². The number of carbonyl (C=O) groups is 2. The standard InChI is InChI=1S/C24H23F2N3O2/c1-13-2-4-20(26)19-12-21(28-23(13)19)24(31)27-17-9-15(8-16(25)11-17)14-6-7-29-18(10-14)3-5-22(29)30/h2,4,8-9,11-12,14,18,28H,3,5-7,10H2,1H3,(H,27,31)/t14-,18-/m0/s1. The number of H-pyrrole nitrogens is 1. The van der Waals surface area contributed by atoms with Crippen molar-refractivity contribution in [2.45, 2.75) is 44.6 Å². The zero-order valence-electron chi connectivity index (χ0n) is 17.2. The summed E-state index contributed by atoms with van der Waals surface area (Å²) in [6, 6.07) is 9.30. The van der Waals surface area contributed by atoms with E-state index < -0.39 is 17.5 Å². The van der Waals surface area contributed by atoms with Gasteiger partial charge in [0.25, 0.3) is 5.91 Å². The highest BCUT2D eigenvalue weighted by molar-refractivity contribution is 6.06. The summed E-state index contributed by atoms with van der Waals surface area (Å²) in [4.78, 5) is 29.6. The number of nitrogens with one attached hydrogen (secondary N) is 2. The lowest BCUT2D eigenvalue weighted by Crippen LogP contribution is -2.39. The molecule has 160 valence electrons. The Hall–Kier alpha value is -3.22. The van der Waals surface area contributed by atoms with E-state index in [9.17, 15) is 18.4 Å². The lowest BCUT2D eigenvalue weighted by atomic mass is 9.85. The van der Waals surface area contributed by atoms with Crippen LogP contribution < -0.4 is 5.32 Å². The van der Waals surface area contributed by atoms with Gasteiger partial charge in [-0.05, 0) is 73.6 Å². The van der Waals surface area contributed by atoms with Gasteiger partial charge in [0.15, 0.2) is 0 Å². The summed E-state index contributed by atoms with van der Waals surface area (Å²) in [5.74, 6) is -0.927. The van der Waals surface area contributed by atoms with E-state index in [1.807, 2.05) is 11.8 Å². The molecule has 3 aromatic rings. The SMILES string of the molecule is Cc1ccc(F)c2cc(C(=O)Nc3cc(F)cc([C@H]4CCN5C(=O)CC[C@H]5C4)c3)[nH]c12. The van der Waals surface area contributed by atoms with Crippen molar-refractivity contribution in [1.29, 1.82) is 0 Å². The molecule has 0 unspecified atom stereocenters. The normalized spacial score (nSPS) is 20.9. The Morgan fingerprint density at radius 1 is 1.16 bits per heavy atom. The number of amides is 2. The first-order valence-corrected chi connectivity index (χ1v) is 10.6. The minimum Gasteiger partial charge on any atom is -0.350 e. The predicted molar refractivity (Wildman–Crippen MR) is 114 cm³/mol. The molecule has 3 heterocycles. The number of aromatic nitrogens is 1. The Bertz CT molecular complexity index is 1160. The molecule has 2 atom stereocenters. The quantitative estimate of drug-likeness (QED) is 0.631. The van der Waals surface area contributed by atoms with Gasteiger partial charge in [0.2, 0.25) is 5.91 Å². The molecule has 31 heavy (non-hydrogen) atoms. The molecule has 1 aromatic heterocycles. The second-order valence-corrected chi connectivity index (χ2v) is 8.56. The van der Waals surface area contributed by atoms with Gasteiger partial charge in [-0.2, -0.15) is 0 Å². The molecular weight excluding hydrogens is 400 g/mol. The summed E-state index contributed by atoms with van der Waals surface area (Å²) in [5.41, 5.74) is 2.81. The third kappa shape index (κ3) is 3.58. The number of halogens is 2. The highest BCUT2D eigenvalue weighted by Crippen LogP contribution is 2.37. The minimum atomic E-state index is -0.456. The molecular formula is C24H23F2N3O2. The number of benzene rings is 2. The van der Waals surface area contributed by atoms with E-state index in [-0.39, 0.29) is 23.6 Å². The molecule has 0 aliphatic carbocycles. The molecule has 0 spiro atoms. The van der Waals surface area contributed by atoms with Crippen LogP contribution in [0.5, 0.6) is 0 Å². The minimum absolute atomic E-state index is 0.142. The fourth-order valence-corrected chi connectivity index (χ4v) is 4.96. The molecule has 7 heteroatoms. The summed E-state index contributed by atoms with van der Waals surface area (Å²) in [7, 11) is 0. The van der Waals surface area contributed by atoms with Crippen molar-refractivity contribution in [3.05, 3.63) is 64.9 Å². The van der Waals surface area contributed by atoms with E-state index in [2.05, 4.69) is 10.3 Å². The second-order valence-electron chi connectivity index (χ2n) is 8.56. The van der Waals surface area contributed by atoms with E-state index in [1.165, 1.54) is 24.3 Å². The Balaban J connectivity index is 1.37. The van der Waals surface area contributed by atoms with Gasteiger partial charge >= 0.3 is 0 Å². The van der Waals surface area contributed by atoms with Crippen LogP contribution >= 0.6 is 0 Å². The van der Waals surface area contributed by atoms with Gasteiger partial charge in [0, 0.05) is 30.1 Å². The fraction of sp³-hybridized carbons (Fsp3) is 0.333. The molecule has 5 nitrogen and oxygen atoms in total. The highest BCUT2D eigenvalue weighted by atomic mass is 19.1. The maximum atomic E-state index is 14.4. The number of carbonyl (C=O) groups excluding carboxylic acids is 2. The van der Waals surface area contributed by atoms with Crippen molar-refractivity contribution in [3.63, 3.8) is 0 Å². The molecule has 0 radical (unpaired) electrons. The van der Waals surface area contributed by atoms with Crippen LogP contribution in [-0.2, 0) is 4.79 Å². The zero-order chi connectivity index (χ0) is 21.7. The number of hydrogen-bond acceptors (Lipinski definition) is 2. The van der Waals surface area contributed by atoms with Crippen LogP contribution in [0.15, 0.2) is 36.4 Å². The number of nitrogens with zero attached hydrogens (tertiary/aromatic N) is 1. The number of hydrogen-bond donors (Lipinski definition) is 2. The van der Waals surface area contributed by atoms with E-state index >= 15 is 0 Å². The number of fused-ring (bicyclic) bond motifs is 2. The first-order chi connectivity index (χ1) is 14.9. The average molecular weight is 423 g/mol. The van der Waals surface area contributed by atoms with E-state index in [1.54, 1.807) is 12.1 Å². The maximum Gasteiger partial charge on any atom is 0.272 e. The molecule has 2 aliphatic rings. The summed E-state index contributed by atoms with van der Waals surface area (Å²) in [6.45, 7) is 2.52. The van der Waals surface area contributed by atoms with Gasteiger partial charge in [-0.1, -0.05) is 6.07 Å². The van der Waals surface area contributed by atoms with Crippen LogP contribution in [0.4, 0.5) is 14.5 Å². The Morgan fingerprint density at radius 2 is 2.00 bits per heavy atom. The molecule has 2 aliphatic heterocycles. The van der Waals surface area contributed by atoms with Crippen molar-refractivity contribution >= 4 is 28.4 Å². The number of aromatic amines is 1. The number of anilines is 1. The number of rotatable bonds is 3. The predicted octanol–water partition coefficient (Wildman–Crippen LogP) is 4.88. The molecule has 0 bridgehead atoms. The topological polar surface area (TPSA) is 65.2 Å². The summed E-state index contributed by atoms with van der Waals surface area (Å²) in [6.07, 6.45) is 3.03. The van der Waals surface area contributed by atoms with Crippen LogP contribution in [0.1, 0.15) is 53.2 Å².